The van der Waals surface area contributed by atoms with E-state index in [0.717, 1.165) is 0 Å². The molecule has 0 aliphatic heterocycles. The number of aliphatic hydroxyl groups is 2. The van der Waals surface area contributed by atoms with E-state index in [0.29, 0.717) is 19.1 Å². The van der Waals surface area contributed by atoms with E-state index in [1.54, 1.807) is 7.11 Å². The summed E-state index contributed by atoms with van der Waals surface area (Å²) in [6.45, 7) is 4.99. The lowest BCUT2D eigenvalue weighted by molar-refractivity contribution is 0.0811. The predicted molar refractivity (Wildman–Crippen MR) is 51.6 cm³/mol. The molecule has 0 aliphatic rings. The summed E-state index contributed by atoms with van der Waals surface area (Å²) >= 11 is 0. The van der Waals surface area contributed by atoms with Gasteiger partial charge in [-0.1, -0.05) is 13.8 Å². The minimum absolute atomic E-state index is 0.204. The van der Waals surface area contributed by atoms with Crippen molar-refractivity contribution in [2.24, 2.45) is 5.92 Å². The highest BCUT2D eigenvalue weighted by Crippen LogP contribution is 2.01. The van der Waals surface area contributed by atoms with Crippen LogP contribution in [0.2, 0.25) is 0 Å². The van der Waals surface area contributed by atoms with Gasteiger partial charge in [0.1, 0.15) is 0 Å². The SMILES string of the molecule is COCC(NCC(O)CO)C(C)C. The number of methoxy groups -OCH3 is 1. The van der Waals surface area contributed by atoms with Crippen LogP contribution in [0.1, 0.15) is 13.8 Å². The van der Waals surface area contributed by atoms with Gasteiger partial charge in [0.25, 0.3) is 0 Å². The summed E-state index contributed by atoms with van der Waals surface area (Å²) in [7, 11) is 1.65. The highest BCUT2D eigenvalue weighted by Gasteiger charge is 2.13. The smallest absolute Gasteiger partial charge is 0.0895 e. The Morgan fingerprint density at radius 1 is 1.38 bits per heavy atom. The zero-order valence-corrected chi connectivity index (χ0v) is 8.66. The minimum atomic E-state index is -0.682. The summed E-state index contributed by atoms with van der Waals surface area (Å²) < 4.78 is 5.02. The maximum atomic E-state index is 9.10. The fraction of sp³-hybridized carbons (Fsp3) is 1.00. The van der Waals surface area contributed by atoms with Crippen LogP contribution >= 0.6 is 0 Å². The second kappa shape index (κ2) is 7.26. The molecule has 4 heteroatoms. The van der Waals surface area contributed by atoms with Gasteiger partial charge in [-0.3, -0.25) is 0 Å². The molecule has 0 saturated heterocycles. The van der Waals surface area contributed by atoms with Gasteiger partial charge in [-0.05, 0) is 5.92 Å². The summed E-state index contributed by atoms with van der Waals surface area (Å²) in [4.78, 5) is 0. The second-order valence-electron chi connectivity index (χ2n) is 3.55. The Bertz CT molecular complexity index is 119. The second-order valence-corrected chi connectivity index (χ2v) is 3.55. The number of nitrogens with one attached hydrogen (secondary N) is 1. The Kier molecular flexibility index (Phi) is 7.17. The zero-order valence-electron chi connectivity index (χ0n) is 8.66. The number of aliphatic hydroxyl groups excluding tert-OH is 2. The van der Waals surface area contributed by atoms with Crippen LogP contribution in [0.4, 0.5) is 0 Å². The summed E-state index contributed by atoms with van der Waals surface area (Å²) in [5.74, 6) is 0.450. The highest BCUT2D eigenvalue weighted by molar-refractivity contribution is 4.71. The monoisotopic (exact) mass is 191 g/mol. The first-order valence-corrected chi connectivity index (χ1v) is 4.63. The average Bonchev–Trinajstić information content (AvgIpc) is 2.11. The summed E-state index contributed by atoms with van der Waals surface area (Å²) in [5, 5.41) is 20.8. The molecule has 0 spiro atoms. The summed E-state index contributed by atoms with van der Waals surface area (Å²) in [6, 6.07) is 0.228. The van der Waals surface area contributed by atoms with Gasteiger partial charge in [0, 0.05) is 19.7 Å². The summed E-state index contributed by atoms with van der Waals surface area (Å²) in [5.41, 5.74) is 0. The lowest BCUT2D eigenvalue weighted by atomic mass is 10.1. The number of ether oxygens (including phenoxy) is 1. The van der Waals surface area contributed by atoms with Crippen LogP contribution in [0.3, 0.4) is 0 Å². The standard InChI is InChI=1S/C9H21NO3/c1-7(2)9(6-13-3)10-4-8(12)5-11/h7-12H,4-6H2,1-3H3. The molecule has 0 aromatic carbocycles. The van der Waals surface area contributed by atoms with Crippen LogP contribution in [-0.4, -0.2) is 49.2 Å². The Hall–Kier alpha value is -0.160. The average molecular weight is 191 g/mol. The number of hydrogen-bond acceptors (Lipinski definition) is 4. The highest BCUT2D eigenvalue weighted by atomic mass is 16.5. The van der Waals surface area contributed by atoms with E-state index in [1.807, 2.05) is 0 Å². The molecule has 0 saturated carbocycles. The fourth-order valence-electron chi connectivity index (χ4n) is 1.02. The van der Waals surface area contributed by atoms with E-state index in [1.165, 1.54) is 0 Å². The van der Waals surface area contributed by atoms with Crippen molar-refractivity contribution in [1.29, 1.82) is 0 Å². The fourth-order valence-corrected chi connectivity index (χ4v) is 1.02. The zero-order chi connectivity index (χ0) is 10.3. The first kappa shape index (κ1) is 12.8. The van der Waals surface area contributed by atoms with Crippen molar-refractivity contribution in [3.63, 3.8) is 0 Å². The molecule has 0 aromatic heterocycles. The molecule has 0 heterocycles. The number of rotatable bonds is 7. The van der Waals surface area contributed by atoms with Crippen molar-refractivity contribution >= 4 is 0 Å². The molecule has 0 aliphatic carbocycles. The molecule has 13 heavy (non-hydrogen) atoms. The third-order valence-corrected chi connectivity index (χ3v) is 1.98. The van der Waals surface area contributed by atoms with Crippen LogP contribution in [0.25, 0.3) is 0 Å². The van der Waals surface area contributed by atoms with Crippen molar-refractivity contribution in [1.82, 2.24) is 5.32 Å². The van der Waals surface area contributed by atoms with Crippen molar-refractivity contribution in [3.05, 3.63) is 0 Å². The van der Waals surface area contributed by atoms with Crippen molar-refractivity contribution in [2.45, 2.75) is 26.0 Å². The summed E-state index contributed by atoms with van der Waals surface area (Å²) in [6.07, 6.45) is -0.682. The van der Waals surface area contributed by atoms with Gasteiger partial charge in [-0.25, -0.2) is 0 Å². The van der Waals surface area contributed by atoms with Crippen LogP contribution in [-0.2, 0) is 4.74 Å². The van der Waals surface area contributed by atoms with E-state index in [9.17, 15) is 0 Å². The molecule has 0 bridgehead atoms. The molecule has 0 rings (SSSR count). The first-order chi connectivity index (χ1) is 6.11. The molecule has 0 fully saturated rings. The van der Waals surface area contributed by atoms with Crippen molar-refractivity contribution < 1.29 is 14.9 Å². The topological polar surface area (TPSA) is 61.7 Å². The largest absolute Gasteiger partial charge is 0.394 e. The Morgan fingerprint density at radius 3 is 2.38 bits per heavy atom. The molecule has 4 nitrogen and oxygen atoms in total. The van der Waals surface area contributed by atoms with Gasteiger partial charge in [0.15, 0.2) is 0 Å². The van der Waals surface area contributed by atoms with E-state index in [-0.39, 0.29) is 12.6 Å². The molecular formula is C9H21NO3. The van der Waals surface area contributed by atoms with Gasteiger partial charge in [0.2, 0.25) is 0 Å². The quantitative estimate of drug-likeness (QED) is 0.512. The molecule has 0 aromatic rings. The molecule has 3 N–H and O–H groups in total. The first-order valence-electron chi connectivity index (χ1n) is 4.63. The molecule has 0 radical (unpaired) electrons. The van der Waals surface area contributed by atoms with Gasteiger partial charge >= 0.3 is 0 Å². The van der Waals surface area contributed by atoms with Gasteiger partial charge in [-0.15, -0.1) is 0 Å². The third kappa shape index (κ3) is 5.99. The van der Waals surface area contributed by atoms with E-state index in [2.05, 4.69) is 19.2 Å². The Morgan fingerprint density at radius 2 is 2.00 bits per heavy atom. The Balaban J connectivity index is 3.68. The lowest BCUT2D eigenvalue weighted by Crippen LogP contribution is -2.42. The molecule has 80 valence electrons. The van der Waals surface area contributed by atoms with Gasteiger partial charge in [-0.2, -0.15) is 0 Å². The van der Waals surface area contributed by atoms with E-state index < -0.39 is 6.10 Å². The Labute approximate surface area is 79.9 Å². The minimum Gasteiger partial charge on any atom is -0.394 e. The van der Waals surface area contributed by atoms with E-state index >= 15 is 0 Å². The molecular weight excluding hydrogens is 170 g/mol. The van der Waals surface area contributed by atoms with E-state index in [4.69, 9.17) is 14.9 Å². The maximum absolute atomic E-state index is 9.10. The number of hydrogen-bond donors (Lipinski definition) is 3. The van der Waals surface area contributed by atoms with Crippen LogP contribution in [0.15, 0.2) is 0 Å². The molecule has 0 amide bonds. The molecule has 2 atom stereocenters. The predicted octanol–water partition coefficient (Wildman–Crippen LogP) is -0.400. The van der Waals surface area contributed by atoms with Crippen LogP contribution in [0, 0.1) is 5.92 Å². The van der Waals surface area contributed by atoms with Crippen LogP contribution < -0.4 is 5.32 Å². The van der Waals surface area contributed by atoms with Crippen LogP contribution in [0.5, 0.6) is 0 Å². The lowest BCUT2D eigenvalue weighted by Gasteiger charge is -2.22. The third-order valence-electron chi connectivity index (χ3n) is 1.98. The maximum Gasteiger partial charge on any atom is 0.0895 e. The van der Waals surface area contributed by atoms with Crippen molar-refractivity contribution in [3.8, 4) is 0 Å². The molecule has 2 unspecified atom stereocenters. The van der Waals surface area contributed by atoms with Gasteiger partial charge < -0.3 is 20.3 Å². The van der Waals surface area contributed by atoms with Gasteiger partial charge in [0.05, 0.1) is 19.3 Å². The van der Waals surface area contributed by atoms with Crippen molar-refractivity contribution in [2.75, 3.05) is 26.9 Å². The normalized spacial score (nSPS) is 16.2.